The Morgan fingerprint density at radius 1 is 1.19 bits per heavy atom. The molecule has 2 aromatic rings. The van der Waals surface area contributed by atoms with Crippen LogP contribution in [-0.2, 0) is 19.6 Å². The lowest BCUT2D eigenvalue weighted by Crippen LogP contribution is -2.16. The van der Waals surface area contributed by atoms with Gasteiger partial charge in [0.25, 0.3) is 0 Å². The van der Waals surface area contributed by atoms with Crippen molar-refractivity contribution in [3.63, 3.8) is 0 Å². The highest BCUT2D eigenvalue weighted by Crippen LogP contribution is 2.26. The molecule has 0 spiro atoms. The number of rotatable bonds is 4. The van der Waals surface area contributed by atoms with Gasteiger partial charge < -0.3 is 9.84 Å². The van der Waals surface area contributed by atoms with E-state index in [0.29, 0.717) is 5.75 Å². The fraction of sp³-hybridized carbons (Fsp3) is 0.235. The lowest BCUT2D eigenvalue weighted by atomic mass is 10.1. The average molecular weight is 283 g/mol. The van der Waals surface area contributed by atoms with Crippen LogP contribution < -0.4 is 4.74 Å². The Morgan fingerprint density at radius 3 is 2.43 bits per heavy atom. The molecule has 0 radical (unpaired) electrons. The number of benzene rings is 2. The van der Waals surface area contributed by atoms with E-state index in [2.05, 4.69) is 29.2 Å². The summed E-state index contributed by atoms with van der Waals surface area (Å²) in [6.07, 6.45) is 0. The summed E-state index contributed by atoms with van der Waals surface area (Å²) in [5.41, 5.74) is 3.90. The van der Waals surface area contributed by atoms with Crippen LogP contribution in [0.25, 0.3) is 0 Å². The van der Waals surface area contributed by atoms with E-state index < -0.39 is 5.97 Å². The lowest BCUT2D eigenvalue weighted by molar-refractivity contribution is 0.0693. The van der Waals surface area contributed by atoms with Crippen molar-refractivity contribution in [2.45, 2.75) is 19.6 Å². The summed E-state index contributed by atoms with van der Waals surface area (Å²) in [6.45, 7) is 2.55. The number of carboxylic acids is 1. The first-order valence-electron chi connectivity index (χ1n) is 6.86. The highest BCUT2D eigenvalue weighted by Gasteiger charge is 2.19. The molecule has 0 bridgehead atoms. The van der Waals surface area contributed by atoms with Gasteiger partial charge in [0.2, 0.25) is 0 Å². The molecule has 0 aromatic heterocycles. The summed E-state index contributed by atoms with van der Waals surface area (Å²) >= 11 is 0. The number of aromatic carboxylic acids is 1. The van der Waals surface area contributed by atoms with E-state index in [-0.39, 0.29) is 5.56 Å². The van der Waals surface area contributed by atoms with Crippen molar-refractivity contribution >= 4 is 5.97 Å². The summed E-state index contributed by atoms with van der Waals surface area (Å²) in [7, 11) is 1.48. The molecule has 0 atom stereocenters. The van der Waals surface area contributed by atoms with Crippen LogP contribution in [0.4, 0.5) is 0 Å². The van der Waals surface area contributed by atoms with E-state index in [1.807, 2.05) is 6.07 Å². The Balaban J connectivity index is 1.78. The van der Waals surface area contributed by atoms with Crippen molar-refractivity contribution < 1.29 is 14.6 Å². The highest BCUT2D eigenvalue weighted by molar-refractivity contribution is 5.91. The van der Waals surface area contributed by atoms with Crippen molar-refractivity contribution in [3.05, 3.63) is 64.7 Å². The molecule has 0 aliphatic carbocycles. The minimum Gasteiger partial charge on any atom is -0.496 e. The number of hydrogen-bond donors (Lipinski definition) is 1. The Labute approximate surface area is 123 Å². The lowest BCUT2D eigenvalue weighted by Gasteiger charge is -2.16. The minimum atomic E-state index is -0.960. The first-order chi connectivity index (χ1) is 10.2. The monoisotopic (exact) mass is 283 g/mol. The highest BCUT2D eigenvalue weighted by atomic mass is 16.5. The number of methoxy groups -OCH3 is 1. The van der Waals surface area contributed by atoms with Crippen LogP contribution in [0.1, 0.15) is 27.0 Å². The largest absolute Gasteiger partial charge is 0.496 e. The molecule has 2 aromatic carbocycles. The summed E-state index contributed by atoms with van der Waals surface area (Å²) in [4.78, 5) is 13.6. The smallest absolute Gasteiger partial charge is 0.339 e. The molecule has 1 aliphatic heterocycles. The molecule has 4 nitrogen and oxygen atoms in total. The zero-order valence-electron chi connectivity index (χ0n) is 11.9. The molecular weight excluding hydrogens is 266 g/mol. The van der Waals surface area contributed by atoms with Crippen molar-refractivity contribution in [3.8, 4) is 5.75 Å². The third-order valence-corrected chi connectivity index (χ3v) is 3.81. The molecule has 1 aliphatic rings. The summed E-state index contributed by atoms with van der Waals surface area (Å²) in [6, 6.07) is 13.7. The van der Waals surface area contributed by atoms with Gasteiger partial charge in [0.05, 0.1) is 7.11 Å². The molecular formula is C17H17NO3. The van der Waals surface area contributed by atoms with E-state index in [1.165, 1.54) is 18.2 Å². The molecule has 0 fully saturated rings. The second-order valence-corrected chi connectivity index (χ2v) is 5.25. The van der Waals surface area contributed by atoms with E-state index in [4.69, 9.17) is 4.74 Å². The molecule has 0 amide bonds. The Kier molecular flexibility index (Phi) is 3.62. The fourth-order valence-corrected chi connectivity index (χ4v) is 2.79. The van der Waals surface area contributed by atoms with Crippen molar-refractivity contribution in [2.24, 2.45) is 0 Å². The molecule has 21 heavy (non-hydrogen) atoms. The van der Waals surface area contributed by atoms with Crippen molar-refractivity contribution in [1.82, 2.24) is 4.90 Å². The van der Waals surface area contributed by atoms with Gasteiger partial charge in [0.15, 0.2) is 0 Å². The molecule has 108 valence electrons. The molecule has 0 unspecified atom stereocenters. The van der Waals surface area contributed by atoms with Gasteiger partial charge in [-0.25, -0.2) is 4.79 Å². The SMILES string of the molecule is COc1ccc(CN2Cc3ccccc3C2)cc1C(=O)O. The number of hydrogen-bond acceptors (Lipinski definition) is 3. The van der Waals surface area contributed by atoms with Crippen LogP contribution in [0.15, 0.2) is 42.5 Å². The Bertz CT molecular complexity index is 656. The van der Waals surface area contributed by atoms with E-state index in [1.54, 1.807) is 12.1 Å². The van der Waals surface area contributed by atoms with Crippen LogP contribution in [0.2, 0.25) is 0 Å². The molecule has 0 saturated heterocycles. The molecule has 3 rings (SSSR count). The molecule has 4 heteroatoms. The topological polar surface area (TPSA) is 49.8 Å². The molecule has 0 saturated carbocycles. The predicted molar refractivity (Wildman–Crippen MR) is 79.3 cm³/mol. The quantitative estimate of drug-likeness (QED) is 0.937. The molecule has 1 N–H and O–H groups in total. The number of nitrogens with zero attached hydrogens (tertiary/aromatic N) is 1. The first kappa shape index (κ1) is 13.6. The van der Waals surface area contributed by atoms with Crippen LogP contribution in [0, 0.1) is 0 Å². The number of carboxylic acid groups (broad SMARTS) is 1. The third kappa shape index (κ3) is 2.76. The van der Waals surface area contributed by atoms with Gasteiger partial charge in [-0.1, -0.05) is 30.3 Å². The van der Waals surface area contributed by atoms with E-state index in [0.717, 1.165) is 25.2 Å². The van der Waals surface area contributed by atoms with Gasteiger partial charge in [0.1, 0.15) is 11.3 Å². The Hall–Kier alpha value is -2.33. The number of ether oxygens (including phenoxy) is 1. The van der Waals surface area contributed by atoms with Crippen molar-refractivity contribution in [1.29, 1.82) is 0 Å². The Morgan fingerprint density at radius 2 is 1.86 bits per heavy atom. The van der Waals surface area contributed by atoms with Crippen LogP contribution in [0.3, 0.4) is 0 Å². The average Bonchev–Trinajstić information content (AvgIpc) is 2.89. The van der Waals surface area contributed by atoms with E-state index in [9.17, 15) is 9.90 Å². The normalized spacial score (nSPS) is 14.0. The second kappa shape index (κ2) is 5.58. The maximum absolute atomic E-state index is 11.3. The maximum Gasteiger partial charge on any atom is 0.339 e. The zero-order chi connectivity index (χ0) is 14.8. The summed E-state index contributed by atoms with van der Waals surface area (Å²) < 4.78 is 5.09. The van der Waals surface area contributed by atoms with Crippen LogP contribution in [0.5, 0.6) is 5.75 Å². The van der Waals surface area contributed by atoms with Crippen molar-refractivity contribution in [2.75, 3.05) is 7.11 Å². The first-order valence-corrected chi connectivity index (χ1v) is 6.86. The van der Waals surface area contributed by atoms with Crippen LogP contribution >= 0.6 is 0 Å². The van der Waals surface area contributed by atoms with E-state index >= 15 is 0 Å². The number of carbonyl (C=O) groups is 1. The molecule has 1 heterocycles. The maximum atomic E-state index is 11.3. The minimum absolute atomic E-state index is 0.215. The summed E-state index contributed by atoms with van der Waals surface area (Å²) in [5, 5.41) is 9.23. The number of fused-ring (bicyclic) bond motifs is 1. The van der Waals surface area contributed by atoms with Gasteiger partial charge in [-0.15, -0.1) is 0 Å². The fourth-order valence-electron chi connectivity index (χ4n) is 2.79. The predicted octanol–water partition coefficient (Wildman–Crippen LogP) is 2.91. The van der Waals surface area contributed by atoms with Crippen LogP contribution in [-0.4, -0.2) is 23.1 Å². The second-order valence-electron chi connectivity index (χ2n) is 5.25. The van der Waals surface area contributed by atoms with Gasteiger partial charge in [-0.3, -0.25) is 4.90 Å². The third-order valence-electron chi connectivity index (χ3n) is 3.81. The zero-order valence-corrected chi connectivity index (χ0v) is 11.9. The van der Waals surface area contributed by atoms with Gasteiger partial charge in [-0.2, -0.15) is 0 Å². The van der Waals surface area contributed by atoms with Gasteiger partial charge in [0, 0.05) is 19.6 Å². The standard InChI is InChI=1S/C17H17NO3/c1-21-16-7-6-12(8-15(16)17(19)20)9-18-10-13-4-2-3-5-14(13)11-18/h2-8H,9-11H2,1H3,(H,19,20). The van der Waals surface area contributed by atoms with Gasteiger partial charge >= 0.3 is 5.97 Å². The van der Waals surface area contributed by atoms with Gasteiger partial charge in [-0.05, 0) is 28.8 Å². The summed E-state index contributed by atoms with van der Waals surface area (Å²) in [5.74, 6) is -0.561.